The maximum Gasteiger partial charge on any atom is 0.261 e. The van der Waals surface area contributed by atoms with Crippen LogP contribution in [-0.4, -0.2) is 38.8 Å². The summed E-state index contributed by atoms with van der Waals surface area (Å²) in [5.41, 5.74) is 4.34. The van der Waals surface area contributed by atoms with Crippen LogP contribution in [0.3, 0.4) is 0 Å². The fourth-order valence-corrected chi connectivity index (χ4v) is 4.20. The molecule has 3 aromatic rings. The van der Waals surface area contributed by atoms with E-state index in [1.165, 1.54) is 4.88 Å². The topological polar surface area (TPSA) is 62.5 Å². The summed E-state index contributed by atoms with van der Waals surface area (Å²) in [5.74, 6) is -0.158. The van der Waals surface area contributed by atoms with Crippen molar-refractivity contribution in [3.63, 3.8) is 0 Å². The smallest absolute Gasteiger partial charge is 0.261 e. The number of nitrogens with zero attached hydrogens (tertiary/aromatic N) is 4. The lowest BCUT2D eigenvalue weighted by molar-refractivity contribution is 0.102. The van der Waals surface area contributed by atoms with Crippen LogP contribution in [0, 0.1) is 13.8 Å². The normalized spacial score (nSPS) is 14.8. The molecular weight excluding hydrogens is 322 g/mol. The second kappa shape index (κ2) is 5.68. The molecule has 1 N–H and O–H groups in total. The van der Waals surface area contributed by atoms with E-state index in [4.69, 9.17) is 0 Å². The van der Waals surface area contributed by atoms with Gasteiger partial charge in [-0.05, 0) is 33.0 Å². The highest BCUT2D eigenvalue weighted by Crippen LogP contribution is 2.28. The van der Waals surface area contributed by atoms with E-state index in [1.54, 1.807) is 11.3 Å². The number of nitrogens with one attached hydrogen (secondary N) is 1. The number of amides is 1. The van der Waals surface area contributed by atoms with Gasteiger partial charge < -0.3 is 9.30 Å². The highest BCUT2D eigenvalue weighted by atomic mass is 32.1. The molecule has 1 amide bonds. The van der Waals surface area contributed by atoms with E-state index in [9.17, 15) is 4.79 Å². The van der Waals surface area contributed by atoms with E-state index in [-0.39, 0.29) is 5.91 Å². The Morgan fingerprint density at radius 3 is 3.00 bits per heavy atom. The number of anilines is 1. The number of hydrogen-bond donors (Lipinski definition) is 1. The van der Waals surface area contributed by atoms with Crippen LogP contribution in [0.15, 0.2) is 18.3 Å². The minimum atomic E-state index is -0.158. The molecule has 1 aliphatic rings. The largest absolute Gasteiger partial charge is 0.305 e. The minimum absolute atomic E-state index is 0.158. The summed E-state index contributed by atoms with van der Waals surface area (Å²) in [6.07, 6.45) is 2.82. The van der Waals surface area contributed by atoms with Crippen LogP contribution in [0.25, 0.3) is 5.65 Å². The summed E-state index contributed by atoms with van der Waals surface area (Å²) < 4.78 is 1.93. The van der Waals surface area contributed by atoms with Crippen molar-refractivity contribution in [1.82, 2.24) is 19.3 Å². The average molecular weight is 341 g/mol. The Balaban J connectivity index is 1.63. The number of hydrogen-bond acceptors (Lipinski definition) is 5. The van der Waals surface area contributed by atoms with Crippen molar-refractivity contribution in [3.8, 4) is 0 Å². The van der Waals surface area contributed by atoms with Crippen molar-refractivity contribution < 1.29 is 4.79 Å². The van der Waals surface area contributed by atoms with E-state index < -0.39 is 0 Å². The Bertz CT molecular complexity index is 942. The maximum atomic E-state index is 12.7. The van der Waals surface area contributed by atoms with E-state index in [0.717, 1.165) is 36.6 Å². The van der Waals surface area contributed by atoms with Gasteiger partial charge in [-0.25, -0.2) is 9.97 Å². The molecular formula is C17H19N5OS. The van der Waals surface area contributed by atoms with Crippen LogP contribution >= 0.6 is 11.3 Å². The second-order valence-electron chi connectivity index (χ2n) is 6.29. The summed E-state index contributed by atoms with van der Waals surface area (Å²) in [7, 11) is 2.10. The monoisotopic (exact) mass is 341 g/mol. The fraction of sp³-hybridized carbons (Fsp3) is 0.353. The first-order valence-electron chi connectivity index (χ1n) is 7.95. The second-order valence-corrected chi connectivity index (χ2v) is 7.38. The highest BCUT2D eigenvalue weighted by Gasteiger charge is 2.20. The van der Waals surface area contributed by atoms with Gasteiger partial charge in [-0.2, -0.15) is 0 Å². The van der Waals surface area contributed by atoms with Crippen LogP contribution in [0.1, 0.15) is 32.3 Å². The molecule has 0 spiro atoms. The molecule has 3 aromatic heterocycles. The Morgan fingerprint density at radius 1 is 1.33 bits per heavy atom. The summed E-state index contributed by atoms with van der Waals surface area (Å²) in [6.45, 7) is 5.86. The molecule has 0 aromatic carbocycles. The molecule has 4 rings (SSSR count). The van der Waals surface area contributed by atoms with Gasteiger partial charge in [-0.3, -0.25) is 10.1 Å². The van der Waals surface area contributed by atoms with Gasteiger partial charge in [0.1, 0.15) is 5.65 Å². The van der Waals surface area contributed by atoms with Crippen molar-refractivity contribution in [2.75, 3.05) is 18.9 Å². The first kappa shape index (κ1) is 15.3. The van der Waals surface area contributed by atoms with E-state index in [1.807, 2.05) is 36.6 Å². The van der Waals surface area contributed by atoms with Crippen molar-refractivity contribution in [1.29, 1.82) is 0 Å². The number of likely N-dealkylation sites (N-methyl/N-ethyl adjacent to an activating group) is 1. The maximum absolute atomic E-state index is 12.7. The van der Waals surface area contributed by atoms with Crippen LogP contribution in [-0.2, 0) is 13.0 Å². The molecule has 0 aliphatic carbocycles. The van der Waals surface area contributed by atoms with Gasteiger partial charge in [0.05, 0.1) is 11.3 Å². The van der Waals surface area contributed by atoms with Gasteiger partial charge in [0, 0.05) is 42.0 Å². The Labute approximate surface area is 144 Å². The molecule has 0 unspecified atom stereocenters. The molecule has 4 heterocycles. The number of rotatable bonds is 2. The molecule has 124 valence electrons. The Morgan fingerprint density at radius 2 is 2.17 bits per heavy atom. The first-order valence-corrected chi connectivity index (χ1v) is 8.76. The minimum Gasteiger partial charge on any atom is -0.305 e. The van der Waals surface area contributed by atoms with Gasteiger partial charge in [0.25, 0.3) is 5.91 Å². The molecule has 0 atom stereocenters. The third kappa shape index (κ3) is 2.59. The van der Waals surface area contributed by atoms with Crippen molar-refractivity contribution in [2.45, 2.75) is 26.8 Å². The summed E-state index contributed by atoms with van der Waals surface area (Å²) in [6, 6.07) is 3.81. The Hall–Kier alpha value is -2.25. The number of aryl methyl sites for hydroxylation is 2. The van der Waals surface area contributed by atoms with Crippen molar-refractivity contribution in [3.05, 3.63) is 45.9 Å². The lowest BCUT2D eigenvalue weighted by Gasteiger charge is -2.20. The lowest BCUT2D eigenvalue weighted by atomic mass is 10.2. The van der Waals surface area contributed by atoms with Crippen LogP contribution < -0.4 is 5.32 Å². The predicted octanol–water partition coefficient (Wildman–Crippen LogP) is 2.65. The standard InChI is InChI=1S/C17H19N5OS/c1-10-8-11(2)22-7-4-12(15(22)18-10)16(23)20-17-19-13-5-6-21(3)9-14(13)24-17/h4,7-8H,5-6,9H2,1-3H3,(H,19,20,23). The number of fused-ring (bicyclic) bond motifs is 2. The zero-order valence-corrected chi connectivity index (χ0v) is 14.8. The third-order valence-electron chi connectivity index (χ3n) is 4.33. The molecule has 0 saturated heterocycles. The summed E-state index contributed by atoms with van der Waals surface area (Å²) in [5, 5.41) is 3.61. The first-order chi connectivity index (χ1) is 11.5. The molecule has 0 saturated carbocycles. The van der Waals surface area contributed by atoms with Crippen molar-refractivity contribution in [2.24, 2.45) is 0 Å². The number of thiazole rings is 1. The van der Waals surface area contributed by atoms with Gasteiger partial charge >= 0.3 is 0 Å². The molecule has 24 heavy (non-hydrogen) atoms. The van der Waals surface area contributed by atoms with Gasteiger partial charge in [0.2, 0.25) is 0 Å². The molecule has 0 fully saturated rings. The van der Waals surface area contributed by atoms with E-state index in [2.05, 4.69) is 27.2 Å². The third-order valence-corrected chi connectivity index (χ3v) is 5.32. The zero-order chi connectivity index (χ0) is 16.8. The molecule has 0 bridgehead atoms. The molecule has 7 heteroatoms. The quantitative estimate of drug-likeness (QED) is 0.778. The van der Waals surface area contributed by atoms with Crippen molar-refractivity contribution >= 4 is 28.0 Å². The van der Waals surface area contributed by atoms with E-state index >= 15 is 0 Å². The lowest BCUT2D eigenvalue weighted by Crippen LogP contribution is -2.25. The molecule has 0 radical (unpaired) electrons. The van der Waals surface area contributed by atoms with Crippen LogP contribution in [0.5, 0.6) is 0 Å². The average Bonchev–Trinajstić information content (AvgIpc) is 3.10. The number of aromatic nitrogens is 3. The Kier molecular flexibility index (Phi) is 3.62. The van der Waals surface area contributed by atoms with Gasteiger partial charge in [-0.15, -0.1) is 11.3 Å². The number of carbonyl (C=O) groups excluding carboxylic acids is 1. The molecule has 6 nitrogen and oxygen atoms in total. The number of carbonyl (C=O) groups is 1. The van der Waals surface area contributed by atoms with E-state index in [0.29, 0.717) is 16.3 Å². The molecule has 1 aliphatic heterocycles. The van der Waals surface area contributed by atoms with Gasteiger partial charge in [0.15, 0.2) is 5.13 Å². The van der Waals surface area contributed by atoms with Crippen LogP contribution in [0.2, 0.25) is 0 Å². The van der Waals surface area contributed by atoms with Crippen LogP contribution in [0.4, 0.5) is 5.13 Å². The fourth-order valence-electron chi connectivity index (χ4n) is 3.11. The summed E-state index contributed by atoms with van der Waals surface area (Å²) >= 11 is 1.56. The predicted molar refractivity (Wildman–Crippen MR) is 94.8 cm³/mol. The van der Waals surface area contributed by atoms with Gasteiger partial charge in [-0.1, -0.05) is 0 Å². The summed E-state index contributed by atoms with van der Waals surface area (Å²) in [4.78, 5) is 25.3. The SMILES string of the molecule is Cc1cc(C)n2ccc(C(=O)Nc3nc4c(s3)CN(C)CC4)c2n1. The zero-order valence-electron chi connectivity index (χ0n) is 14.0. The highest BCUT2D eigenvalue weighted by molar-refractivity contribution is 7.15.